The topological polar surface area (TPSA) is 4.93 Å². The molecule has 222 valence electrons. The molecule has 7 aromatic carbocycles. The molecule has 1 aliphatic carbocycles. The molecule has 0 atom stereocenters. The van der Waals surface area contributed by atoms with Crippen LogP contribution < -0.4 is 0 Å². The Bertz CT molecular complexity index is 2520. The van der Waals surface area contributed by atoms with Crippen LogP contribution >= 0.6 is 0 Å². The standard InChI is InChI=1S/C45H37N/c1-5-28-14-7-9-17-33(28)34-24-23-32(26-29(34)6-2)46-40-25-22-30-15-8-10-18-35(30)42(40)37-27-31-16-13-21-39-41(31)43(44(37)46)36-19-11-12-20-38(36)45(39,3)4/h7-27H,5-6H2,1-4H3. The van der Waals surface area contributed by atoms with Crippen molar-refractivity contribution in [3.8, 4) is 27.9 Å². The van der Waals surface area contributed by atoms with E-state index in [4.69, 9.17) is 0 Å². The number of fused-ring (bicyclic) bond motifs is 8. The SMILES string of the molecule is CCc1ccccc1-c1ccc(-n2c3ccc4ccccc4c3c3cc4cccc5c4c(c32)-c2ccccc2C5(C)C)cc1CC. The van der Waals surface area contributed by atoms with Crippen LogP contribution in [0.3, 0.4) is 0 Å². The summed E-state index contributed by atoms with van der Waals surface area (Å²) in [5.74, 6) is 0. The Labute approximate surface area is 270 Å². The van der Waals surface area contributed by atoms with Gasteiger partial charge in [-0.3, -0.25) is 0 Å². The largest absolute Gasteiger partial charge is 0.309 e. The molecule has 46 heavy (non-hydrogen) atoms. The van der Waals surface area contributed by atoms with Gasteiger partial charge in [0.05, 0.1) is 11.0 Å². The van der Waals surface area contributed by atoms with E-state index >= 15 is 0 Å². The van der Waals surface area contributed by atoms with Crippen LogP contribution in [0.5, 0.6) is 0 Å². The van der Waals surface area contributed by atoms with Gasteiger partial charge in [-0.2, -0.15) is 0 Å². The van der Waals surface area contributed by atoms with Gasteiger partial charge in [0.25, 0.3) is 0 Å². The lowest BCUT2D eigenvalue weighted by molar-refractivity contribution is 0.645. The van der Waals surface area contributed by atoms with Gasteiger partial charge in [-0.15, -0.1) is 0 Å². The summed E-state index contributed by atoms with van der Waals surface area (Å²) in [5, 5.41) is 7.93. The highest BCUT2D eigenvalue weighted by Gasteiger charge is 2.35. The van der Waals surface area contributed by atoms with Crippen molar-refractivity contribution in [3.05, 3.63) is 150 Å². The van der Waals surface area contributed by atoms with Crippen molar-refractivity contribution >= 4 is 43.4 Å². The maximum absolute atomic E-state index is 2.58. The summed E-state index contributed by atoms with van der Waals surface area (Å²) in [6, 6.07) is 48.1. The maximum atomic E-state index is 2.58. The van der Waals surface area contributed by atoms with Gasteiger partial charge < -0.3 is 4.57 Å². The molecule has 0 saturated heterocycles. The lowest BCUT2D eigenvalue weighted by Crippen LogP contribution is -2.23. The Balaban J connectivity index is 1.48. The molecule has 0 amide bonds. The molecule has 1 heteroatoms. The van der Waals surface area contributed by atoms with E-state index in [-0.39, 0.29) is 5.41 Å². The van der Waals surface area contributed by atoms with Crippen LogP contribution in [0.25, 0.3) is 71.3 Å². The zero-order valence-electron chi connectivity index (χ0n) is 27.0. The molecule has 0 fully saturated rings. The molecule has 0 radical (unpaired) electrons. The Hall–Kier alpha value is -5.14. The zero-order valence-corrected chi connectivity index (χ0v) is 27.0. The van der Waals surface area contributed by atoms with Crippen molar-refractivity contribution in [2.24, 2.45) is 0 Å². The van der Waals surface area contributed by atoms with Crippen LogP contribution in [0.15, 0.2) is 127 Å². The second-order valence-electron chi connectivity index (χ2n) is 13.4. The van der Waals surface area contributed by atoms with Gasteiger partial charge >= 0.3 is 0 Å². The van der Waals surface area contributed by atoms with Crippen LogP contribution in [-0.4, -0.2) is 4.57 Å². The first kappa shape index (κ1) is 27.2. The monoisotopic (exact) mass is 591 g/mol. The molecule has 9 rings (SSSR count). The first-order valence-electron chi connectivity index (χ1n) is 16.7. The summed E-state index contributed by atoms with van der Waals surface area (Å²) in [6.45, 7) is 9.32. The summed E-state index contributed by atoms with van der Waals surface area (Å²) in [6.07, 6.45) is 1.99. The van der Waals surface area contributed by atoms with Crippen molar-refractivity contribution in [1.82, 2.24) is 4.57 Å². The van der Waals surface area contributed by atoms with Gasteiger partial charge in [-0.1, -0.05) is 131 Å². The molecule has 0 unspecified atom stereocenters. The van der Waals surface area contributed by atoms with E-state index in [1.54, 1.807) is 0 Å². The van der Waals surface area contributed by atoms with Crippen molar-refractivity contribution in [2.75, 3.05) is 0 Å². The molecule has 1 heterocycles. The summed E-state index contributed by atoms with van der Waals surface area (Å²) >= 11 is 0. The third-order valence-corrected chi connectivity index (χ3v) is 10.7. The van der Waals surface area contributed by atoms with Crippen molar-refractivity contribution in [2.45, 2.75) is 46.0 Å². The summed E-state index contributed by atoms with van der Waals surface area (Å²) in [5.41, 5.74) is 14.7. The summed E-state index contributed by atoms with van der Waals surface area (Å²) in [4.78, 5) is 0. The van der Waals surface area contributed by atoms with Crippen LogP contribution in [-0.2, 0) is 18.3 Å². The number of benzene rings is 7. The van der Waals surface area contributed by atoms with Crippen molar-refractivity contribution in [1.29, 1.82) is 0 Å². The first-order valence-corrected chi connectivity index (χ1v) is 16.7. The highest BCUT2D eigenvalue weighted by molar-refractivity contribution is 6.28. The van der Waals surface area contributed by atoms with Crippen LogP contribution in [0.1, 0.15) is 49.9 Å². The minimum absolute atomic E-state index is 0.0932. The fourth-order valence-corrected chi connectivity index (χ4v) is 8.53. The highest BCUT2D eigenvalue weighted by Crippen LogP contribution is 2.53. The van der Waals surface area contributed by atoms with E-state index < -0.39 is 0 Å². The molecule has 0 bridgehead atoms. The second-order valence-corrected chi connectivity index (χ2v) is 13.4. The normalized spacial score (nSPS) is 13.6. The van der Waals surface area contributed by atoms with Crippen LogP contribution in [0.4, 0.5) is 0 Å². The Morgan fingerprint density at radius 1 is 0.522 bits per heavy atom. The average molecular weight is 592 g/mol. The fourth-order valence-electron chi connectivity index (χ4n) is 8.53. The molecule has 0 saturated carbocycles. The lowest BCUT2D eigenvalue weighted by atomic mass is 9.68. The third-order valence-electron chi connectivity index (χ3n) is 10.7. The predicted molar refractivity (Wildman–Crippen MR) is 198 cm³/mol. The molecule has 1 nitrogen and oxygen atoms in total. The van der Waals surface area contributed by atoms with Gasteiger partial charge in [0.15, 0.2) is 0 Å². The van der Waals surface area contributed by atoms with Crippen LogP contribution in [0, 0.1) is 0 Å². The van der Waals surface area contributed by atoms with E-state index in [0.29, 0.717) is 0 Å². The van der Waals surface area contributed by atoms with Gasteiger partial charge in [0, 0.05) is 27.4 Å². The molecule has 8 aromatic rings. The minimum Gasteiger partial charge on any atom is -0.309 e. The van der Waals surface area contributed by atoms with Crippen molar-refractivity contribution in [3.63, 3.8) is 0 Å². The Morgan fingerprint density at radius 3 is 2.07 bits per heavy atom. The highest BCUT2D eigenvalue weighted by atomic mass is 15.0. The van der Waals surface area contributed by atoms with Gasteiger partial charge in [-0.25, -0.2) is 0 Å². The lowest BCUT2D eigenvalue weighted by Gasteiger charge is -2.35. The van der Waals surface area contributed by atoms with Crippen LogP contribution in [0.2, 0.25) is 0 Å². The van der Waals surface area contributed by atoms with Gasteiger partial charge in [0.1, 0.15) is 0 Å². The molecule has 1 aliphatic rings. The smallest absolute Gasteiger partial charge is 0.0626 e. The van der Waals surface area contributed by atoms with Gasteiger partial charge in [-0.05, 0) is 97.6 Å². The number of hydrogen-bond donors (Lipinski definition) is 0. The van der Waals surface area contributed by atoms with E-state index in [1.807, 2.05) is 0 Å². The molecular weight excluding hydrogens is 555 g/mol. The quantitative estimate of drug-likeness (QED) is 0.192. The van der Waals surface area contributed by atoms with E-state index in [1.165, 1.54) is 93.5 Å². The summed E-state index contributed by atoms with van der Waals surface area (Å²) < 4.78 is 2.58. The van der Waals surface area contributed by atoms with E-state index in [2.05, 4.69) is 160 Å². The predicted octanol–water partition coefficient (Wildman–Crippen LogP) is 12.2. The van der Waals surface area contributed by atoms with E-state index in [9.17, 15) is 0 Å². The second kappa shape index (κ2) is 9.93. The van der Waals surface area contributed by atoms with Crippen molar-refractivity contribution < 1.29 is 0 Å². The number of aromatic nitrogens is 1. The Kier molecular flexibility index (Phi) is 5.87. The molecule has 0 N–H and O–H groups in total. The first-order chi connectivity index (χ1) is 22.5. The minimum atomic E-state index is -0.0932. The third kappa shape index (κ3) is 3.63. The average Bonchev–Trinajstić information content (AvgIpc) is 3.44. The molecular formula is C45H37N. The maximum Gasteiger partial charge on any atom is 0.0626 e. The molecule has 0 aliphatic heterocycles. The fraction of sp³-hybridized carbons (Fsp3) is 0.156. The van der Waals surface area contributed by atoms with Gasteiger partial charge in [0.2, 0.25) is 0 Å². The molecule has 1 aromatic heterocycles. The zero-order chi connectivity index (χ0) is 31.2. The van der Waals surface area contributed by atoms with E-state index in [0.717, 1.165) is 12.8 Å². The molecule has 0 spiro atoms. The number of rotatable bonds is 4. The Morgan fingerprint density at radius 2 is 1.22 bits per heavy atom. The number of hydrogen-bond acceptors (Lipinski definition) is 0. The number of aryl methyl sites for hydroxylation is 2. The summed E-state index contributed by atoms with van der Waals surface area (Å²) in [7, 11) is 0. The number of nitrogens with zero attached hydrogens (tertiary/aromatic N) is 1.